The molecule has 1 N–H and O–H groups in total. The van der Waals surface area contributed by atoms with Gasteiger partial charge >= 0.3 is 6.18 Å². The number of hydrogen-bond acceptors (Lipinski definition) is 4. The Morgan fingerprint density at radius 3 is 2.62 bits per heavy atom. The molecule has 1 saturated heterocycles. The first-order valence-corrected chi connectivity index (χ1v) is 9.04. The molecule has 0 aliphatic carbocycles. The van der Waals surface area contributed by atoms with E-state index in [4.69, 9.17) is 9.47 Å². The maximum atomic E-state index is 13.1. The quantitative estimate of drug-likeness (QED) is 0.756. The minimum Gasteiger partial charge on any atom is -0.497 e. The molecule has 0 saturated carbocycles. The topological polar surface area (TPSA) is 50.8 Å². The number of amides is 1. The van der Waals surface area contributed by atoms with Gasteiger partial charge in [-0.15, -0.1) is 0 Å². The maximum absolute atomic E-state index is 13.1. The largest absolute Gasteiger partial charge is 0.497 e. The third-order valence-electron chi connectivity index (χ3n) is 4.45. The van der Waals surface area contributed by atoms with Gasteiger partial charge in [-0.25, -0.2) is 0 Å². The molecule has 1 aliphatic rings. The third kappa shape index (κ3) is 5.51. The molecule has 1 amide bonds. The number of carbonyl (C=O) groups excluding carboxylic acids is 1. The van der Waals surface area contributed by atoms with Crippen LogP contribution in [-0.2, 0) is 15.7 Å². The summed E-state index contributed by atoms with van der Waals surface area (Å²) >= 11 is 0. The summed E-state index contributed by atoms with van der Waals surface area (Å²) < 4.78 is 49.9. The van der Waals surface area contributed by atoms with E-state index in [-0.39, 0.29) is 5.69 Å². The highest BCUT2D eigenvalue weighted by atomic mass is 19.4. The second kappa shape index (κ2) is 9.00. The molecule has 29 heavy (non-hydrogen) atoms. The second-order valence-electron chi connectivity index (χ2n) is 6.43. The lowest BCUT2D eigenvalue weighted by Gasteiger charge is -2.30. The number of nitrogens with zero attached hydrogens (tertiary/aromatic N) is 1. The lowest BCUT2D eigenvalue weighted by Crippen LogP contribution is -2.36. The van der Waals surface area contributed by atoms with Crippen molar-refractivity contribution in [1.29, 1.82) is 0 Å². The standard InChI is InChI=1S/C21H21F3N2O3/c1-28-17-4-2-3-15(13-17)5-8-20(27)25-18-14-16(21(22,23)24)6-7-19(18)26-9-11-29-12-10-26/h2-8,13-14H,9-12H2,1H3,(H,25,27). The molecular weight excluding hydrogens is 385 g/mol. The maximum Gasteiger partial charge on any atom is 0.416 e. The van der Waals surface area contributed by atoms with E-state index in [0.717, 1.165) is 17.7 Å². The van der Waals surface area contributed by atoms with Gasteiger partial charge in [-0.05, 0) is 42.0 Å². The highest BCUT2D eigenvalue weighted by Crippen LogP contribution is 2.35. The van der Waals surface area contributed by atoms with Crippen LogP contribution in [0, 0.1) is 0 Å². The average Bonchev–Trinajstić information content (AvgIpc) is 2.72. The minimum absolute atomic E-state index is 0.113. The number of halogens is 3. The Kier molecular flexibility index (Phi) is 6.43. The molecule has 1 fully saturated rings. The van der Waals surface area contributed by atoms with Gasteiger partial charge in [-0.3, -0.25) is 4.79 Å². The van der Waals surface area contributed by atoms with Gasteiger partial charge in [0.1, 0.15) is 5.75 Å². The van der Waals surface area contributed by atoms with E-state index in [2.05, 4.69) is 5.32 Å². The van der Waals surface area contributed by atoms with Gasteiger partial charge in [0.25, 0.3) is 0 Å². The SMILES string of the molecule is COc1cccc(C=CC(=O)Nc2cc(C(F)(F)F)ccc2N2CCOCC2)c1. The number of morpholine rings is 1. The zero-order chi connectivity index (χ0) is 20.9. The van der Waals surface area contributed by atoms with Crippen LogP contribution in [0.5, 0.6) is 5.75 Å². The van der Waals surface area contributed by atoms with Crippen LogP contribution in [-0.4, -0.2) is 39.3 Å². The van der Waals surface area contributed by atoms with Crippen molar-refractivity contribution in [2.75, 3.05) is 43.6 Å². The number of anilines is 2. The van der Waals surface area contributed by atoms with Crippen molar-refractivity contribution in [1.82, 2.24) is 0 Å². The monoisotopic (exact) mass is 406 g/mol. The van der Waals surface area contributed by atoms with Crippen molar-refractivity contribution in [3.05, 3.63) is 59.7 Å². The van der Waals surface area contributed by atoms with Gasteiger partial charge in [0.05, 0.1) is 37.3 Å². The molecule has 2 aromatic rings. The zero-order valence-corrected chi connectivity index (χ0v) is 15.8. The summed E-state index contributed by atoms with van der Waals surface area (Å²) in [5.74, 6) is 0.113. The first-order valence-electron chi connectivity index (χ1n) is 9.04. The smallest absolute Gasteiger partial charge is 0.416 e. The van der Waals surface area contributed by atoms with Crippen molar-refractivity contribution in [2.45, 2.75) is 6.18 Å². The number of ether oxygens (including phenoxy) is 2. The summed E-state index contributed by atoms with van der Waals surface area (Å²) in [7, 11) is 1.54. The van der Waals surface area contributed by atoms with Gasteiger partial charge in [0.15, 0.2) is 0 Å². The first-order chi connectivity index (χ1) is 13.9. The fraction of sp³-hybridized carbons (Fsp3) is 0.286. The van der Waals surface area contributed by atoms with Crippen LogP contribution in [0.15, 0.2) is 48.5 Å². The van der Waals surface area contributed by atoms with E-state index in [1.54, 1.807) is 30.3 Å². The van der Waals surface area contributed by atoms with Crippen LogP contribution in [0.3, 0.4) is 0 Å². The number of rotatable bonds is 5. The van der Waals surface area contributed by atoms with Crippen molar-refractivity contribution in [3.8, 4) is 5.75 Å². The Balaban J connectivity index is 1.82. The lowest BCUT2D eigenvalue weighted by atomic mass is 10.1. The Hall–Kier alpha value is -3.00. The molecule has 1 aliphatic heterocycles. The predicted molar refractivity (Wildman–Crippen MR) is 105 cm³/mol. The third-order valence-corrected chi connectivity index (χ3v) is 4.45. The van der Waals surface area contributed by atoms with E-state index in [0.29, 0.717) is 37.7 Å². The molecule has 8 heteroatoms. The second-order valence-corrected chi connectivity index (χ2v) is 6.43. The van der Waals surface area contributed by atoms with E-state index in [1.165, 1.54) is 19.3 Å². The molecule has 0 spiro atoms. The van der Waals surface area contributed by atoms with E-state index in [9.17, 15) is 18.0 Å². The summed E-state index contributed by atoms with van der Waals surface area (Å²) in [4.78, 5) is 14.3. The number of carbonyl (C=O) groups is 1. The van der Waals surface area contributed by atoms with Crippen LogP contribution >= 0.6 is 0 Å². The Morgan fingerprint density at radius 1 is 1.17 bits per heavy atom. The minimum atomic E-state index is -4.50. The fourth-order valence-electron chi connectivity index (χ4n) is 2.98. The number of methoxy groups -OCH3 is 1. The van der Waals surface area contributed by atoms with Crippen LogP contribution in [0.25, 0.3) is 6.08 Å². The van der Waals surface area contributed by atoms with E-state index < -0.39 is 17.6 Å². The summed E-state index contributed by atoms with van der Waals surface area (Å²) in [6.07, 6.45) is -1.66. The van der Waals surface area contributed by atoms with Gasteiger partial charge in [0, 0.05) is 19.2 Å². The van der Waals surface area contributed by atoms with Crippen LogP contribution < -0.4 is 15.0 Å². The highest BCUT2D eigenvalue weighted by Gasteiger charge is 2.31. The number of benzene rings is 2. The van der Waals surface area contributed by atoms with Crippen molar-refractivity contribution in [2.24, 2.45) is 0 Å². The normalized spacial score (nSPS) is 14.8. The molecule has 0 radical (unpaired) electrons. The van der Waals surface area contributed by atoms with Crippen LogP contribution in [0.2, 0.25) is 0 Å². The summed E-state index contributed by atoms with van der Waals surface area (Å²) in [5.41, 5.74) is 0.560. The van der Waals surface area contributed by atoms with Crippen LogP contribution in [0.4, 0.5) is 24.5 Å². The lowest BCUT2D eigenvalue weighted by molar-refractivity contribution is -0.137. The molecular formula is C21H21F3N2O3. The number of alkyl halides is 3. The zero-order valence-electron chi connectivity index (χ0n) is 15.8. The van der Waals surface area contributed by atoms with Gasteiger partial charge in [-0.2, -0.15) is 13.2 Å². The van der Waals surface area contributed by atoms with Crippen molar-refractivity contribution in [3.63, 3.8) is 0 Å². The number of hydrogen-bond donors (Lipinski definition) is 1. The van der Waals surface area contributed by atoms with Crippen molar-refractivity contribution >= 4 is 23.4 Å². The van der Waals surface area contributed by atoms with E-state index >= 15 is 0 Å². The fourth-order valence-corrected chi connectivity index (χ4v) is 2.98. The Bertz CT molecular complexity index is 891. The molecule has 154 valence electrons. The highest BCUT2D eigenvalue weighted by molar-refractivity contribution is 6.04. The summed E-state index contributed by atoms with van der Waals surface area (Å²) in [6, 6.07) is 10.4. The molecule has 0 bridgehead atoms. The van der Waals surface area contributed by atoms with E-state index in [1.807, 2.05) is 4.90 Å². The summed E-state index contributed by atoms with van der Waals surface area (Å²) in [6.45, 7) is 2.02. The average molecular weight is 406 g/mol. The molecule has 1 heterocycles. The van der Waals surface area contributed by atoms with Crippen molar-refractivity contribution < 1.29 is 27.4 Å². The van der Waals surface area contributed by atoms with Gasteiger partial charge in [-0.1, -0.05) is 12.1 Å². The Morgan fingerprint density at radius 2 is 1.93 bits per heavy atom. The van der Waals surface area contributed by atoms with Crippen LogP contribution in [0.1, 0.15) is 11.1 Å². The molecule has 3 rings (SSSR count). The molecule has 2 aromatic carbocycles. The predicted octanol–water partition coefficient (Wildman–Crippen LogP) is 4.20. The molecule has 0 unspecified atom stereocenters. The molecule has 0 atom stereocenters. The van der Waals surface area contributed by atoms with Gasteiger partial charge in [0.2, 0.25) is 5.91 Å². The number of nitrogens with one attached hydrogen (secondary N) is 1. The molecule has 0 aromatic heterocycles. The Labute approximate surface area is 166 Å². The summed E-state index contributed by atoms with van der Waals surface area (Å²) in [5, 5.41) is 2.58. The van der Waals surface area contributed by atoms with Gasteiger partial charge < -0.3 is 19.7 Å². The molecule has 5 nitrogen and oxygen atoms in total. The first kappa shape index (κ1) is 20.7.